The summed E-state index contributed by atoms with van der Waals surface area (Å²) in [6.07, 6.45) is 5.35. The van der Waals surface area contributed by atoms with E-state index in [2.05, 4.69) is 26.3 Å². The number of hydrogen-bond acceptors (Lipinski definition) is 7. The van der Waals surface area contributed by atoms with Crippen molar-refractivity contribution >= 4 is 11.8 Å². The van der Waals surface area contributed by atoms with E-state index in [9.17, 15) is 4.79 Å². The van der Waals surface area contributed by atoms with Crippen molar-refractivity contribution in [3.8, 4) is 17.3 Å². The number of anilines is 1. The van der Waals surface area contributed by atoms with Crippen molar-refractivity contribution < 1.29 is 18.3 Å². The molecule has 0 radical (unpaired) electrons. The van der Waals surface area contributed by atoms with E-state index >= 15 is 8.78 Å². The van der Waals surface area contributed by atoms with E-state index in [1.165, 1.54) is 22.0 Å². The normalized spacial score (nSPS) is 26.3. The Hall–Kier alpha value is -4.58. The number of carbonyl (C=O) groups excluding carboxylic acids is 1. The molecule has 2 aromatic heterocycles. The average Bonchev–Trinajstić information content (AvgIpc) is 3.37. The highest BCUT2D eigenvalue weighted by Gasteiger charge is 2.78. The van der Waals surface area contributed by atoms with Crippen molar-refractivity contribution in [1.82, 2.24) is 24.9 Å². The molecule has 1 aliphatic carbocycles. The van der Waals surface area contributed by atoms with Gasteiger partial charge in [0.2, 0.25) is 0 Å². The second-order valence-electron chi connectivity index (χ2n) is 9.11. The van der Waals surface area contributed by atoms with Crippen molar-refractivity contribution in [3.05, 3.63) is 71.6 Å². The molecule has 10 nitrogen and oxygen atoms in total. The van der Waals surface area contributed by atoms with Crippen molar-refractivity contribution in [1.29, 1.82) is 5.26 Å². The maximum atomic E-state index is 15.1. The molecule has 3 aromatic rings. The molecule has 3 fully saturated rings. The van der Waals surface area contributed by atoms with Crippen LogP contribution in [0.1, 0.15) is 5.69 Å². The summed E-state index contributed by atoms with van der Waals surface area (Å²) >= 11 is 0. The Balaban J connectivity index is 1.22. The zero-order chi connectivity index (χ0) is 25.0. The Bertz CT molecular complexity index is 1390. The quantitative estimate of drug-likeness (QED) is 0.402. The summed E-state index contributed by atoms with van der Waals surface area (Å²) < 4.78 is 37.0. The first kappa shape index (κ1) is 21.9. The zero-order valence-corrected chi connectivity index (χ0v) is 18.8. The summed E-state index contributed by atoms with van der Waals surface area (Å²) in [5.74, 6) is -1.65. The number of amides is 1. The van der Waals surface area contributed by atoms with Crippen LogP contribution in [-0.4, -0.2) is 56.7 Å². The highest BCUT2D eigenvalue weighted by molar-refractivity contribution is 5.90. The van der Waals surface area contributed by atoms with Crippen LogP contribution in [0.2, 0.25) is 0 Å². The molecular formula is C24H18F2N8O2. The number of nitriles is 1. The molecule has 1 unspecified atom stereocenters. The molecular weight excluding hydrogens is 470 g/mol. The summed E-state index contributed by atoms with van der Waals surface area (Å²) in [4.78, 5) is 23.4. The Labute approximate surface area is 204 Å². The molecule has 2 saturated heterocycles. The molecule has 3 aliphatic rings. The SMILES string of the molecule is [C-]#[N+]C1(c2ccc(-c3c(F)cc(N4C[C@H](Cn5ccnn5)OC4=O)cc3F)cn2)[C@@H]2CN(C#N)C[C@@H]21. The topological polar surface area (TPSA) is 105 Å². The van der Waals surface area contributed by atoms with Gasteiger partial charge >= 0.3 is 6.09 Å². The van der Waals surface area contributed by atoms with Crippen LogP contribution >= 0.6 is 0 Å². The Morgan fingerprint density at radius 2 is 1.97 bits per heavy atom. The predicted octanol–water partition coefficient (Wildman–Crippen LogP) is 2.80. The molecule has 0 bridgehead atoms. The fraction of sp³-hybridized carbons (Fsp3) is 0.333. The van der Waals surface area contributed by atoms with Gasteiger partial charge in [-0.2, -0.15) is 5.26 Å². The number of cyclic esters (lactones) is 1. The lowest BCUT2D eigenvalue weighted by Gasteiger charge is -2.16. The first-order chi connectivity index (χ1) is 17.4. The van der Waals surface area contributed by atoms with Crippen LogP contribution in [0.25, 0.3) is 16.0 Å². The fourth-order valence-electron chi connectivity index (χ4n) is 5.42. The minimum absolute atomic E-state index is 0.0226. The third-order valence-electron chi connectivity index (χ3n) is 7.21. The minimum Gasteiger partial charge on any atom is -0.442 e. The van der Waals surface area contributed by atoms with Gasteiger partial charge in [0, 0.05) is 31.0 Å². The number of pyridine rings is 1. The number of benzene rings is 1. The van der Waals surface area contributed by atoms with E-state index in [1.54, 1.807) is 23.2 Å². The average molecular weight is 488 g/mol. The Kier molecular flexibility index (Phi) is 4.86. The summed E-state index contributed by atoms with van der Waals surface area (Å²) in [6, 6.07) is 5.36. The monoisotopic (exact) mass is 488 g/mol. The molecule has 1 amide bonds. The van der Waals surface area contributed by atoms with Crippen LogP contribution in [0.5, 0.6) is 0 Å². The number of carbonyl (C=O) groups is 1. The van der Waals surface area contributed by atoms with Crippen LogP contribution in [0.3, 0.4) is 0 Å². The first-order valence-corrected chi connectivity index (χ1v) is 11.3. The second kappa shape index (κ2) is 7.99. The number of ether oxygens (including phenoxy) is 1. The van der Waals surface area contributed by atoms with Crippen molar-refractivity contribution in [2.75, 3.05) is 24.5 Å². The summed E-state index contributed by atoms with van der Waals surface area (Å²) in [5.41, 5.74) is -0.245. The van der Waals surface area contributed by atoms with E-state index in [0.29, 0.717) is 18.8 Å². The van der Waals surface area contributed by atoms with Crippen LogP contribution in [0.15, 0.2) is 42.9 Å². The number of piperidine rings is 1. The molecule has 4 heterocycles. The van der Waals surface area contributed by atoms with E-state index in [-0.39, 0.29) is 41.7 Å². The maximum Gasteiger partial charge on any atom is 0.414 e. The van der Waals surface area contributed by atoms with E-state index < -0.39 is 29.4 Å². The van der Waals surface area contributed by atoms with E-state index in [4.69, 9.17) is 16.6 Å². The van der Waals surface area contributed by atoms with Crippen LogP contribution in [0.4, 0.5) is 19.3 Å². The van der Waals surface area contributed by atoms with Crippen LogP contribution in [-0.2, 0) is 16.8 Å². The third kappa shape index (κ3) is 3.26. The third-order valence-corrected chi connectivity index (χ3v) is 7.21. The van der Waals surface area contributed by atoms with Gasteiger partial charge in [-0.1, -0.05) is 11.3 Å². The van der Waals surface area contributed by atoms with Gasteiger partial charge in [-0.3, -0.25) is 9.88 Å². The van der Waals surface area contributed by atoms with E-state index in [0.717, 1.165) is 12.1 Å². The van der Waals surface area contributed by atoms with Gasteiger partial charge in [-0.25, -0.2) is 24.8 Å². The smallest absolute Gasteiger partial charge is 0.414 e. The van der Waals surface area contributed by atoms with Crippen LogP contribution < -0.4 is 4.90 Å². The predicted molar refractivity (Wildman–Crippen MR) is 120 cm³/mol. The highest BCUT2D eigenvalue weighted by Crippen LogP contribution is 2.64. The van der Waals surface area contributed by atoms with Gasteiger partial charge in [0.05, 0.1) is 42.4 Å². The van der Waals surface area contributed by atoms with Gasteiger partial charge in [0.15, 0.2) is 6.19 Å². The molecule has 4 atom stereocenters. The molecule has 1 aromatic carbocycles. The number of nitrogens with zero attached hydrogens (tertiary/aromatic N) is 8. The summed E-state index contributed by atoms with van der Waals surface area (Å²) in [6.45, 7) is 9.11. The number of hydrogen-bond donors (Lipinski definition) is 0. The molecule has 180 valence electrons. The van der Waals surface area contributed by atoms with Crippen LogP contribution in [0, 0.1) is 41.5 Å². The van der Waals surface area contributed by atoms with E-state index in [1.807, 2.05) is 0 Å². The second-order valence-corrected chi connectivity index (χ2v) is 9.11. The molecule has 0 N–H and O–H groups in total. The molecule has 12 heteroatoms. The molecule has 36 heavy (non-hydrogen) atoms. The van der Waals surface area contributed by atoms with Gasteiger partial charge < -0.3 is 14.5 Å². The zero-order valence-electron chi connectivity index (χ0n) is 18.8. The van der Waals surface area contributed by atoms with Gasteiger partial charge in [0.25, 0.3) is 5.54 Å². The summed E-state index contributed by atoms with van der Waals surface area (Å²) in [7, 11) is 0. The standard InChI is InChI=1S/C24H18F2N8O2/c1-28-24(17-11-32(13-27)12-18(17)24)21-3-2-14(8-29-21)22-19(25)6-15(7-20(22)26)34-10-16(36-23(34)35)9-33-5-4-30-31-33/h2-8,16-18H,9-12H2/t16-,17-,18+,24?/m0/s1. The largest absolute Gasteiger partial charge is 0.442 e. The number of rotatable bonds is 5. The lowest BCUT2D eigenvalue weighted by Crippen LogP contribution is -2.26. The number of aromatic nitrogens is 4. The number of halogens is 2. The molecule has 6 rings (SSSR count). The fourth-order valence-corrected chi connectivity index (χ4v) is 5.42. The van der Waals surface area contributed by atoms with Crippen molar-refractivity contribution in [3.63, 3.8) is 0 Å². The Morgan fingerprint density at radius 3 is 2.56 bits per heavy atom. The van der Waals surface area contributed by atoms with Gasteiger partial charge in [-0.05, 0) is 18.2 Å². The number of likely N-dealkylation sites (tertiary alicyclic amines) is 1. The van der Waals surface area contributed by atoms with Gasteiger partial charge in [-0.15, -0.1) is 5.10 Å². The van der Waals surface area contributed by atoms with Crippen molar-refractivity contribution in [2.45, 2.75) is 18.2 Å². The molecule has 1 saturated carbocycles. The van der Waals surface area contributed by atoms with Gasteiger partial charge in [0.1, 0.15) is 23.4 Å². The summed E-state index contributed by atoms with van der Waals surface area (Å²) in [5, 5.41) is 16.6. The Morgan fingerprint density at radius 1 is 1.22 bits per heavy atom. The van der Waals surface area contributed by atoms with Crippen molar-refractivity contribution in [2.24, 2.45) is 11.8 Å². The lowest BCUT2D eigenvalue weighted by atomic mass is 10.0. The highest BCUT2D eigenvalue weighted by atomic mass is 19.1. The minimum atomic E-state index is -0.847. The molecule has 2 aliphatic heterocycles. The number of fused-ring (bicyclic) bond motifs is 1. The first-order valence-electron chi connectivity index (χ1n) is 11.3. The lowest BCUT2D eigenvalue weighted by molar-refractivity contribution is 0.129. The maximum absolute atomic E-state index is 15.1. The molecule has 0 spiro atoms.